The maximum absolute atomic E-state index is 5.45. The largest absolute Gasteiger partial charge is 0.383 e. The molecule has 0 aromatic rings. The van der Waals surface area contributed by atoms with E-state index >= 15 is 0 Å². The highest BCUT2D eigenvalue weighted by atomic mass is 16.5. The third kappa shape index (κ3) is 5.41. The minimum absolute atomic E-state index is 0.504. The molecule has 0 aliphatic carbocycles. The summed E-state index contributed by atoms with van der Waals surface area (Å²) in [5, 5.41) is 3.60. The Bertz CT molecular complexity index is 245. The van der Waals surface area contributed by atoms with Crippen LogP contribution in [0.25, 0.3) is 0 Å². The van der Waals surface area contributed by atoms with Crippen LogP contribution in [-0.4, -0.2) is 50.3 Å². The van der Waals surface area contributed by atoms with E-state index in [-0.39, 0.29) is 0 Å². The molecule has 1 saturated heterocycles. The van der Waals surface area contributed by atoms with Crippen LogP contribution < -0.4 is 5.32 Å². The lowest BCUT2D eigenvalue weighted by Gasteiger charge is -2.45. The van der Waals surface area contributed by atoms with Gasteiger partial charge in [-0.1, -0.05) is 27.7 Å². The van der Waals surface area contributed by atoms with Crippen LogP contribution in [0, 0.1) is 17.8 Å². The van der Waals surface area contributed by atoms with E-state index in [4.69, 9.17) is 4.74 Å². The van der Waals surface area contributed by atoms with Crippen molar-refractivity contribution in [2.75, 3.05) is 33.4 Å². The second-order valence-electron chi connectivity index (χ2n) is 6.92. The highest BCUT2D eigenvalue weighted by molar-refractivity contribution is 4.87. The Hall–Kier alpha value is -0.120. The zero-order valence-electron chi connectivity index (χ0n) is 13.8. The second kappa shape index (κ2) is 8.23. The van der Waals surface area contributed by atoms with Crippen molar-refractivity contribution in [2.24, 2.45) is 17.8 Å². The van der Waals surface area contributed by atoms with Crippen LogP contribution >= 0.6 is 0 Å². The van der Waals surface area contributed by atoms with Gasteiger partial charge in [0.25, 0.3) is 0 Å². The fraction of sp³-hybridized carbons (Fsp3) is 1.00. The number of likely N-dealkylation sites (tertiary alicyclic amines) is 1. The van der Waals surface area contributed by atoms with Crippen LogP contribution in [0.3, 0.4) is 0 Å². The topological polar surface area (TPSA) is 24.5 Å². The lowest BCUT2D eigenvalue weighted by atomic mass is 9.85. The maximum Gasteiger partial charge on any atom is 0.0630 e. The van der Waals surface area contributed by atoms with Gasteiger partial charge in [-0.3, -0.25) is 4.90 Å². The van der Waals surface area contributed by atoms with E-state index < -0.39 is 0 Å². The first kappa shape index (κ1) is 16.9. The molecule has 0 saturated carbocycles. The van der Waals surface area contributed by atoms with Crippen molar-refractivity contribution in [3.05, 3.63) is 0 Å². The third-order valence-corrected chi connectivity index (χ3v) is 4.40. The van der Waals surface area contributed by atoms with Crippen molar-refractivity contribution >= 4 is 0 Å². The number of hydrogen-bond acceptors (Lipinski definition) is 3. The highest BCUT2D eigenvalue weighted by Crippen LogP contribution is 2.28. The number of nitrogens with zero attached hydrogens (tertiary/aromatic N) is 1. The van der Waals surface area contributed by atoms with Gasteiger partial charge in [-0.15, -0.1) is 0 Å². The summed E-state index contributed by atoms with van der Waals surface area (Å²) in [4.78, 5) is 2.66. The molecule has 0 aromatic heterocycles. The van der Waals surface area contributed by atoms with Gasteiger partial charge < -0.3 is 10.1 Å². The molecule has 1 fully saturated rings. The Labute approximate surface area is 120 Å². The van der Waals surface area contributed by atoms with Gasteiger partial charge in [-0.25, -0.2) is 0 Å². The van der Waals surface area contributed by atoms with E-state index in [0.29, 0.717) is 18.0 Å². The average Bonchev–Trinajstić information content (AvgIpc) is 2.32. The van der Waals surface area contributed by atoms with Gasteiger partial charge in [-0.05, 0) is 37.6 Å². The molecule has 4 unspecified atom stereocenters. The molecule has 3 heteroatoms. The van der Waals surface area contributed by atoms with Crippen molar-refractivity contribution in [1.82, 2.24) is 10.2 Å². The van der Waals surface area contributed by atoms with Crippen molar-refractivity contribution in [1.29, 1.82) is 0 Å². The molecule has 114 valence electrons. The van der Waals surface area contributed by atoms with Crippen molar-refractivity contribution < 1.29 is 4.74 Å². The number of ether oxygens (including phenoxy) is 1. The SMILES string of the molecule is COCC(CNCC(C)C)N1CC(C)CC(C)C1C. The molecule has 4 atom stereocenters. The summed E-state index contributed by atoms with van der Waals surface area (Å²) in [5.74, 6) is 2.30. The molecule has 0 aromatic carbocycles. The third-order valence-electron chi connectivity index (χ3n) is 4.40. The van der Waals surface area contributed by atoms with Crippen LogP contribution in [0.4, 0.5) is 0 Å². The Morgan fingerprint density at radius 2 is 1.89 bits per heavy atom. The predicted octanol–water partition coefficient (Wildman–Crippen LogP) is 2.61. The first-order chi connectivity index (χ1) is 8.95. The Kier molecular flexibility index (Phi) is 7.33. The summed E-state index contributed by atoms with van der Waals surface area (Å²) < 4.78 is 5.45. The zero-order valence-corrected chi connectivity index (χ0v) is 13.8. The van der Waals surface area contributed by atoms with Gasteiger partial charge in [0.1, 0.15) is 0 Å². The molecule has 0 radical (unpaired) electrons. The molecule has 0 bridgehead atoms. The fourth-order valence-corrected chi connectivity index (χ4v) is 3.24. The Balaban J connectivity index is 2.57. The number of hydrogen-bond donors (Lipinski definition) is 1. The lowest BCUT2D eigenvalue weighted by Crippen LogP contribution is -2.55. The molecular weight excluding hydrogens is 236 g/mol. The quantitative estimate of drug-likeness (QED) is 0.769. The van der Waals surface area contributed by atoms with Crippen molar-refractivity contribution in [3.8, 4) is 0 Å². The first-order valence-corrected chi connectivity index (χ1v) is 7.91. The van der Waals surface area contributed by atoms with Gasteiger partial charge in [0.2, 0.25) is 0 Å². The van der Waals surface area contributed by atoms with E-state index in [1.807, 2.05) is 7.11 Å². The number of methoxy groups -OCH3 is 1. The summed E-state index contributed by atoms with van der Waals surface area (Å²) in [6.45, 7) is 15.8. The molecule has 1 aliphatic heterocycles. The van der Waals surface area contributed by atoms with Crippen LogP contribution in [-0.2, 0) is 4.74 Å². The second-order valence-corrected chi connectivity index (χ2v) is 6.92. The molecule has 1 rings (SSSR count). The summed E-state index contributed by atoms with van der Waals surface area (Å²) in [7, 11) is 1.82. The van der Waals surface area contributed by atoms with E-state index in [1.54, 1.807) is 0 Å². The highest BCUT2D eigenvalue weighted by Gasteiger charge is 2.33. The van der Waals surface area contributed by atoms with Gasteiger partial charge >= 0.3 is 0 Å². The van der Waals surface area contributed by atoms with E-state index in [0.717, 1.165) is 31.5 Å². The van der Waals surface area contributed by atoms with Crippen LogP contribution in [0.15, 0.2) is 0 Å². The number of rotatable bonds is 7. The van der Waals surface area contributed by atoms with E-state index in [9.17, 15) is 0 Å². The van der Waals surface area contributed by atoms with Gasteiger partial charge in [0.05, 0.1) is 6.61 Å². The molecule has 3 nitrogen and oxygen atoms in total. The molecule has 1 aliphatic rings. The predicted molar refractivity (Wildman–Crippen MR) is 82.5 cm³/mol. The summed E-state index contributed by atoms with van der Waals surface area (Å²) >= 11 is 0. The van der Waals surface area contributed by atoms with Gasteiger partial charge in [0.15, 0.2) is 0 Å². The molecule has 1 heterocycles. The molecule has 0 spiro atoms. The summed E-state index contributed by atoms with van der Waals surface area (Å²) in [6, 6.07) is 1.17. The molecule has 0 amide bonds. The standard InChI is InChI=1S/C16H34N2O/c1-12(2)8-17-9-16(11-19-6)18-10-13(3)7-14(4)15(18)5/h12-17H,7-11H2,1-6H3. The normalized spacial score (nSPS) is 30.8. The lowest BCUT2D eigenvalue weighted by molar-refractivity contribution is 0.00650. The van der Waals surface area contributed by atoms with Crippen LogP contribution in [0.5, 0.6) is 0 Å². The van der Waals surface area contributed by atoms with Crippen LogP contribution in [0.1, 0.15) is 41.0 Å². The molecule has 1 N–H and O–H groups in total. The molecule has 19 heavy (non-hydrogen) atoms. The molecular formula is C16H34N2O. The van der Waals surface area contributed by atoms with E-state index in [2.05, 4.69) is 44.8 Å². The smallest absolute Gasteiger partial charge is 0.0630 e. The van der Waals surface area contributed by atoms with Gasteiger partial charge in [-0.2, -0.15) is 0 Å². The summed E-state index contributed by atoms with van der Waals surface area (Å²) in [5.41, 5.74) is 0. The minimum Gasteiger partial charge on any atom is -0.383 e. The number of nitrogens with one attached hydrogen (secondary N) is 1. The zero-order chi connectivity index (χ0) is 14.4. The summed E-state index contributed by atoms with van der Waals surface area (Å²) in [6.07, 6.45) is 1.36. The average molecular weight is 270 g/mol. The van der Waals surface area contributed by atoms with Crippen molar-refractivity contribution in [2.45, 2.75) is 53.1 Å². The monoisotopic (exact) mass is 270 g/mol. The first-order valence-electron chi connectivity index (χ1n) is 7.91. The van der Waals surface area contributed by atoms with Gasteiger partial charge in [0, 0.05) is 32.3 Å². The van der Waals surface area contributed by atoms with Crippen LogP contribution in [0.2, 0.25) is 0 Å². The minimum atomic E-state index is 0.504. The Morgan fingerprint density at radius 3 is 2.47 bits per heavy atom. The number of piperidine rings is 1. The Morgan fingerprint density at radius 1 is 1.21 bits per heavy atom. The maximum atomic E-state index is 5.45. The van der Waals surface area contributed by atoms with E-state index in [1.165, 1.54) is 13.0 Å². The van der Waals surface area contributed by atoms with Crippen molar-refractivity contribution in [3.63, 3.8) is 0 Å². The fourth-order valence-electron chi connectivity index (χ4n) is 3.24.